The second-order valence-electron chi connectivity index (χ2n) is 6.50. The minimum Gasteiger partial charge on any atom is -0.493 e. The molecule has 0 fully saturated rings. The summed E-state index contributed by atoms with van der Waals surface area (Å²) in [5, 5.41) is 3.92. The Morgan fingerprint density at radius 3 is 2.82 bits per heavy atom. The molecule has 144 valence electrons. The summed E-state index contributed by atoms with van der Waals surface area (Å²) in [5.41, 5.74) is 1.59. The van der Waals surface area contributed by atoms with E-state index >= 15 is 0 Å². The van der Waals surface area contributed by atoms with Crippen molar-refractivity contribution in [1.29, 1.82) is 0 Å². The number of carbonyl (C=O) groups excluding carboxylic acids is 1. The Kier molecular flexibility index (Phi) is 4.93. The molecule has 6 heteroatoms. The predicted octanol–water partition coefficient (Wildman–Crippen LogP) is 4.10. The molecule has 2 heterocycles. The Morgan fingerprint density at radius 1 is 1.18 bits per heavy atom. The van der Waals surface area contributed by atoms with Gasteiger partial charge in [0.2, 0.25) is 11.7 Å². The second-order valence-corrected chi connectivity index (χ2v) is 6.50. The summed E-state index contributed by atoms with van der Waals surface area (Å²) in [6, 6.07) is 13.1. The third-order valence-corrected chi connectivity index (χ3v) is 4.51. The normalized spacial score (nSPS) is 14.2. The zero-order valence-electron chi connectivity index (χ0n) is 15.7. The van der Waals surface area contributed by atoms with Gasteiger partial charge >= 0.3 is 0 Å². The summed E-state index contributed by atoms with van der Waals surface area (Å²) < 4.78 is 22.4. The van der Waals surface area contributed by atoms with Crippen LogP contribution >= 0.6 is 0 Å². The standard InChI is InChI=1S/C22H21NO5/c1-14(18-13-16-5-3-4-6-17(16)28-18)23-21(24)8-7-15-11-19(25-2)22-20(12-15)26-9-10-27-22/h3-8,11-14H,9-10H2,1-2H3,(H,23,24)/b8-7+/t14-/m0/s1. The Bertz CT molecular complexity index is 986. The van der Waals surface area contributed by atoms with E-state index in [1.807, 2.05) is 43.3 Å². The number of fused-ring (bicyclic) bond motifs is 2. The molecule has 28 heavy (non-hydrogen) atoms. The van der Waals surface area contributed by atoms with Crippen molar-refractivity contribution < 1.29 is 23.4 Å². The molecule has 1 atom stereocenters. The lowest BCUT2D eigenvalue weighted by atomic mass is 10.1. The van der Waals surface area contributed by atoms with Crippen LogP contribution in [0, 0.1) is 0 Å². The Morgan fingerprint density at radius 2 is 2.00 bits per heavy atom. The first-order valence-corrected chi connectivity index (χ1v) is 9.09. The lowest BCUT2D eigenvalue weighted by molar-refractivity contribution is -0.117. The van der Waals surface area contributed by atoms with E-state index in [0.29, 0.717) is 36.2 Å². The van der Waals surface area contributed by atoms with Crippen molar-refractivity contribution in [3.05, 3.63) is 59.9 Å². The summed E-state index contributed by atoms with van der Waals surface area (Å²) in [5.74, 6) is 2.27. The molecule has 1 amide bonds. The number of ether oxygens (including phenoxy) is 3. The number of hydrogen-bond acceptors (Lipinski definition) is 5. The maximum Gasteiger partial charge on any atom is 0.244 e. The lowest BCUT2D eigenvalue weighted by Crippen LogP contribution is -2.24. The van der Waals surface area contributed by atoms with E-state index in [1.54, 1.807) is 19.3 Å². The van der Waals surface area contributed by atoms with Crippen molar-refractivity contribution in [1.82, 2.24) is 5.32 Å². The fourth-order valence-corrected chi connectivity index (χ4v) is 3.11. The highest BCUT2D eigenvalue weighted by atomic mass is 16.6. The number of furan rings is 1. The second kappa shape index (κ2) is 7.68. The minimum atomic E-state index is -0.251. The molecule has 0 aliphatic carbocycles. The average molecular weight is 379 g/mol. The number of methoxy groups -OCH3 is 1. The summed E-state index contributed by atoms with van der Waals surface area (Å²) >= 11 is 0. The molecule has 0 bridgehead atoms. The van der Waals surface area contributed by atoms with Gasteiger partial charge in [-0.3, -0.25) is 4.79 Å². The average Bonchev–Trinajstić information content (AvgIpc) is 3.16. The first-order chi connectivity index (χ1) is 13.6. The summed E-state index contributed by atoms with van der Waals surface area (Å²) in [6.07, 6.45) is 3.19. The van der Waals surface area contributed by atoms with Crippen molar-refractivity contribution in [2.24, 2.45) is 0 Å². The minimum absolute atomic E-state index is 0.221. The molecule has 6 nitrogen and oxygen atoms in total. The molecule has 0 saturated carbocycles. The molecule has 0 radical (unpaired) electrons. The Hall–Kier alpha value is -3.41. The molecule has 1 aromatic heterocycles. The van der Waals surface area contributed by atoms with Crippen LogP contribution in [0.3, 0.4) is 0 Å². The summed E-state index contributed by atoms with van der Waals surface area (Å²) in [6.45, 7) is 2.86. The van der Waals surface area contributed by atoms with Crippen molar-refractivity contribution in [3.63, 3.8) is 0 Å². The predicted molar refractivity (Wildman–Crippen MR) is 106 cm³/mol. The molecule has 1 N–H and O–H groups in total. The third-order valence-electron chi connectivity index (χ3n) is 4.51. The van der Waals surface area contributed by atoms with Crippen molar-refractivity contribution in [2.45, 2.75) is 13.0 Å². The van der Waals surface area contributed by atoms with Gasteiger partial charge in [0, 0.05) is 11.5 Å². The molecule has 0 spiro atoms. The van der Waals surface area contributed by atoms with E-state index in [2.05, 4.69) is 5.32 Å². The summed E-state index contributed by atoms with van der Waals surface area (Å²) in [4.78, 5) is 12.3. The van der Waals surface area contributed by atoms with Crippen LogP contribution in [0.25, 0.3) is 17.0 Å². The molecular formula is C22H21NO5. The zero-order chi connectivity index (χ0) is 19.5. The van der Waals surface area contributed by atoms with Gasteiger partial charge in [-0.25, -0.2) is 0 Å². The van der Waals surface area contributed by atoms with Crippen LogP contribution in [0.2, 0.25) is 0 Å². The number of benzene rings is 2. The number of carbonyl (C=O) groups is 1. The van der Waals surface area contributed by atoms with Crippen LogP contribution in [-0.2, 0) is 4.79 Å². The molecule has 3 aromatic rings. The molecular weight excluding hydrogens is 358 g/mol. The number of hydrogen-bond donors (Lipinski definition) is 1. The molecule has 1 aliphatic rings. The van der Waals surface area contributed by atoms with Crippen LogP contribution in [0.15, 0.2) is 53.0 Å². The highest BCUT2D eigenvalue weighted by Gasteiger charge is 2.18. The highest BCUT2D eigenvalue weighted by Crippen LogP contribution is 2.40. The van der Waals surface area contributed by atoms with E-state index in [4.69, 9.17) is 18.6 Å². The molecule has 0 unspecified atom stereocenters. The Labute approximate surface area is 162 Å². The fourth-order valence-electron chi connectivity index (χ4n) is 3.11. The smallest absolute Gasteiger partial charge is 0.244 e. The van der Waals surface area contributed by atoms with Gasteiger partial charge in [-0.1, -0.05) is 18.2 Å². The molecule has 2 aromatic carbocycles. The van der Waals surface area contributed by atoms with E-state index < -0.39 is 0 Å². The molecule has 4 rings (SSSR count). The van der Waals surface area contributed by atoms with Gasteiger partial charge in [-0.2, -0.15) is 0 Å². The van der Waals surface area contributed by atoms with Crippen LogP contribution < -0.4 is 19.5 Å². The van der Waals surface area contributed by atoms with Gasteiger partial charge < -0.3 is 23.9 Å². The van der Waals surface area contributed by atoms with E-state index in [1.165, 1.54) is 6.08 Å². The van der Waals surface area contributed by atoms with Gasteiger partial charge in [-0.05, 0) is 42.8 Å². The number of amides is 1. The fraction of sp³-hybridized carbons (Fsp3) is 0.227. The van der Waals surface area contributed by atoms with Crippen LogP contribution in [-0.4, -0.2) is 26.2 Å². The topological polar surface area (TPSA) is 69.9 Å². The van der Waals surface area contributed by atoms with Crippen LogP contribution in [0.5, 0.6) is 17.2 Å². The third kappa shape index (κ3) is 3.67. The van der Waals surface area contributed by atoms with E-state index in [9.17, 15) is 4.79 Å². The quantitative estimate of drug-likeness (QED) is 0.676. The molecule has 0 saturated heterocycles. The van der Waals surface area contributed by atoms with Crippen molar-refractivity contribution >= 4 is 23.0 Å². The zero-order valence-corrected chi connectivity index (χ0v) is 15.7. The largest absolute Gasteiger partial charge is 0.493 e. The lowest BCUT2D eigenvalue weighted by Gasteiger charge is -2.20. The van der Waals surface area contributed by atoms with Gasteiger partial charge in [0.15, 0.2) is 11.5 Å². The van der Waals surface area contributed by atoms with E-state index in [-0.39, 0.29) is 11.9 Å². The van der Waals surface area contributed by atoms with Gasteiger partial charge in [0.1, 0.15) is 24.6 Å². The van der Waals surface area contributed by atoms with Gasteiger partial charge in [0.05, 0.1) is 13.2 Å². The monoisotopic (exact) mass is 379 g/mol. The highest BCUT2D eigenvalue weighted by molar-refractivity contribution is 5.92. The van der Waals surface area contributed by atoms with Crippen molar-refractivity contribution in [3.8, 4) is 17.2 Å². The number of nitrogens with one attached hydrogen (secondary N) is 1. The maximum atomic E-state index is 12.3. The van der Waals surface area contributed by atoms with Crippen LogP contribution in [0.4, 0.5) is 0 Å². The van der Waals surface area contributed by atoms with Crippen LogP contribution in [0.1, 0.15) is 24.3 Å². The SMILES string of the molecule is COc1cc(/C=C/C(=O)N[C@@H](C)c2cc3ccccc3o2)cc2c1OCCO2. The Balaban J connectivity index is 1.46. The maximum absolute atomic E-state index is 12.3. The number of rotatable bonds is 5. The van der Waals surface area contributed by atoms with Gasteiger partial charge in [-0.15, -0.1) is 0 Å². The summed E-state index contributed by atoms with van der Waals surface area (Å²) in [7, 11) is 1.57. The van der Waals surface area contributed by atoms with Crippen molar-refractivity contribution in [2.75, 3.05) is 20.3 Å². The van der Waals surface area contributed by atoms with E-state index in [0.717, 1.165) is 16.5 Å². The first kappa shape index (κ1) is 18.0. The van der Waals surface area contributed by atoms with Gasteiger partial charge in [0.25, 0.3) is 0 Å². The number of para-hydroxylation sites is 1. The molecule has 1 aliphatic heterocycles. The first-order valence-electron chi connectivity index (χ1n) is 9.09.